The maximum atomic E-state index is 2.57. The Morgan fingerprint density at radius 1 is 0.452 bits per heavy atom. The standard InChI is InChI=1S/C59H37NS2/c1-2-10-43-37(9-1)21-22-39-25-28-42(51-34-53-40(29-31-61-53)33-52(51)54(39)43)38-19-17-35(18-20-38)36-23-26-41(27-24-36)60-57-47-14-6-4-12-45(47)44-11-3-5-13-46(44)55(57)56-50-30-32-62-59(50)49-16-8-7-15-48(49)58(56)60/h1-24,26-27,29-34,42H,25,28H2. The normalized spacial score (nSPS) is 14.2. The van der Waals surface area contributed by atoms with E-state index >= 15 is 0 Å². The predicted octanol–water partition coefficient (Wildman–Crippen LogP) is 17.2. The van der Waals surface area contributed by atoms with Crippen LogP contribution in [0.5, 0.6) is 0 Å². The van der Waals surface area contributed by atoms with Crippen LogP contribution in [0.25, 0.3) is 113 Å². The van der Waals surface area contributed by atoms with E-state index in [0.29, 0.717) is 5.92 Å². The van der Waals surface area contributed by atoms with Gasteiger partial charge in [-0.1, -0.05) is 146 Å². The van der Waals surface area contributed by atoms with Gasteiger partial charge < -0.3 is 4.57 Å². The lowest BCUT2D eigenvalue weighted by atomic mass is 9.84. The zero-order chi connectivity index (χ0) is 40.5. The van der Waals surface area contributed by atoms with Gasteiger partial charge in [0, 0.05) is 53.3 Å². The third-order valence-electron chi connectivity index (χ3n) is 14.0. The molecule has 0 spiro atoms. The average Bonchev–Trinajstić information content (AvgIpc) is 4.08. The quantitative estimate of drug-likeness (QED) is 0.156. The Morgan fingerprint density at radius 3 is 1.84 bits per heavy atom. The first-order valence-electron chi connectivity index (χ1n) is 21.7. The number of hydrogen-bond acceptors (Lipinski definition) is 2. The third kappa shape index (κ3) is 4.89. The molecular weight excluding hydrogens is 787 g/mol. The van der Waals surface area contributed by atoms with Gasteiger partial charge in [-0.2, -0.15) is 0 Å². The molecule has 0 bridgehead atoms. The van der Waals surface area contributed by atoms with Crippen LogP contribution in [0.2, 0.25) is 0 Å². The first-order valence-corrected chi connectivity index (χ1v) is 23.4. The fourth-order valence-electron chi connectivity index (χ4n) is 11.2. The lowest BCUT2D eigenvalue weighted by Gasteiger charge is -2.20. The molecule has 0 N–H and O–H groups in total. The molecule has 14 rings (SSSR count). The Hall–Kier alpha value is -7.04. The molecule has 1 unspecified atom stereocenters. The van der Waals surface area contributed by atoms with E-state index in [9.17, 15) is 0 Å². The van der Waals surface area contributed by atoms with Crippen LogP contribution in [0.4, 0.5) is 0 Å². The van der Waals surface area contributed by atoms with Gasteiger partial charge in [0.15, 0.2) is 0 Å². The number of aromatic nitrogens is 1. The largest absolute Gasteiger partial charge is 0.308 e. The van der Waals surface area contributed by atoms with Crippen molar-refractivity contribution in [3.63, 3.8) is 0 Å². The second kappa shape index (κ2) is 13.2. The molecule has 0 aliphatic heterocycles. The lowest BCUT2D eigenvalue weighted by molar-refractivity contribution is 0.727. The van der Waals surface area contributed by atoms with Crippen LogP contribution < -0.4 is 0 Å². The molecule has 0 fully saturated rings. The highest BCUT2D eigenvalue weighted by molar-refractivity contribution is 7.18. The SMILES string of the molecule is c1ccc2c3c(ccc2c1)CCC(c1ccc(-c2ccc(-n4c5c6ccccc6c6ccccc6c5c5c6ccsc6c6ccccc6c54)cc2)cc1)c1cc2sccc2cc1-3. The summed E-state index contributed by atoms with van der Waals surface area (Å²) >= 11 is 3.70. The Kier molecular flexibility index (Phi) is 7.39. The lowest BCUT2D eigenvalue weighted by Crippen LogP contribution is -2.02. The van der Waals surface area contributed by atoms with Gasteiger partial charge in [-0.15, -0.1) is 22.7 Å². The average molecular weight is 824 g/mol. The molecule has 3 aromatic heterocycles. The molecule has 1 atom stereocenters. The predicted molar refractivity (Wildman–Crippen MR) is 269 cm³/mol. The molecule has 290 valence electrons. The monoisotopic (exact) mass is 823 g/mol. The fraction of sp³-hybridized carbons (Fsp3) is 0.0508. The summed E-state index contributed by atoms with van der Waals surface area (Å²) in [6.45, 7) is 0. The molecule has 3 heterocycles. The van der Waals surface area contributed by atoms with Crippen molar-refractivity contribution in [2.24, 2.45) is 0 Å². The summed E-state index contributed by atoms with van der Waals surface area (Å²) in [7, 11) is 0. The number of aryl methyl sites for hydroxylation is 1. The Labute approximate surface area is 366 Å². The zero-order valence-corrected chi connectivity index (χ0v) is 35.4. The topological polar surface area (TPSA) is 4.93 Å². The smallest absolute Gasteiger partial charge is 0.0627 e. The van der Waals surface area contributed by atoms with Gasteiger partial charge >= 0.3 is 0 Å². The summed E-state index contributed by atoms with van der Waals surface area (Å²) < 4.78 is 5.29. The minimum atomic E-state index is 0.310. The number of benzene rings is 10. The Bertz CT molecular complexity index is 3970. The summed E-state index contributed by atoms with van der Waals surface area (Å²) in [4.78, 5) is 0. The summed E-state index contributed by atoms with van der Waals surface area (Å²) in [5.41, 5.74) is 13.3. The molecular formula is C59H37NS2. The zero-order valence-electron chi connectivity index (χ0n) is 33.7. The van der Waals surface area contributed by atoms with E-state index in [4.69, 9.17) is 0 Å². The third-order valence-corrected chi connectivity index (χ3v) is 15.8. The van der Waals surface area contributed by atoms with E-state index in [0.717, 1.165) is 12.8 Å². The van der Waals surface area contributed by atoms with Crippen LogP contribution in [-0.4, -0.2) is 4.57 Å². The molecule has 13 aromatic rings. The van der Waals surface area contributed by atoms with Crippen LogP contribution >= 0.6 is 22.7 Å². The highest BCUT2D eigenvalue weighted by Gasteiger charge is 2.27. The molecule has 0 saturated heterocycles. The van der Waals surface area contributed by atoms with E-state index in [1.807, 2.05) is 22.7 Å². The van der Waals surface area contributed by atoms with Crippen molar-refractivity contribution in [1.29, 1.82) is 0 Å². The Balaban J connectivity index is 0.921. The van der Waals surface area contributed by atoms with E-state index in [-0.39, 0.29) is 0 Å². The van der Waals surface area contributed by atoms with Gasteiger partial charge in [0.2, 0.25) is 0 Å². The van der Waals surface area contributed by atoms with Gasteiger partial charge in [-0.3, -0.25) is 0 Å². The van der Waals surface area contributed by atoms with Gasteiger partial charge in [0.1, 0.15) is 0 Å². The van der Waals surface area contributed by atoms with Crippen LogP contribution in [0.15, 0.2) is 193 Å². The molecule has 0 saturated carbocycles. The van der Waals surface area contributed by atoms with Crippen LogP contribution in [0, 0.1) is 0 Å². The Morgan fingerprint density at radius 2 is 1.06 bits per heavy atom. The van der Waals surface area contributed by atoms with E-state index < -0.39 is 0 Å². The second-order valence-corrected chi connectivity index (χ2v) is 18.9. The van der Waals surface area contributed by atoms with E-state index in [1.54, 1.807) is 0 Å². The highest BCUT2D eigenvalue weighted by atomic mass is 32.1. The molecule has 3 heteroatoms. The molecule has 1 nitrogen and oxygen atoms in total. The molecule has 10 aromatic carbocycles. The van der Waals surface area contributed by atoms with Crippen molar-refractivity contribution in [3.05, 3.63) is 209 Å². The van der Waals surface area contributed by atoms with Crippen LogP contribution in [0.1, 0.15) is 29.0 Å². The van der Waals surface area contributed by atoms with Crippen LogP contribution in [0.3, 0.4) is 0 Å². The molecule has 1 aliphatic rings. The van der Waals surface area contributed by atoms with Crippen molar-refractivity contribution < 1.29 is 0 Å². The van der Waals surface area contributed by atoms with Gasteiger partial charge in [0.25, 0.3) is 0 Å². The first kappa shape index (κ1) is 34.6. The van der Waals surface area contributed by atoms with Gasteiger partial charge in [-0.05, 0) is 131 Å². The number of fused-ring (bicyclic) bond motifs is 19. The second-order valence-electron chi connectivity index (χ2n) is 17.1. The summed E-state index contributed by atoms with van der Waals surface area (Å²) in [6.07, 6.45) is 2.13. The molecule has 0 amide bonds. The van der Waals surface area contributed by atoms with E-state index in [1.165, 1.54) is 130 Å². The fourth-order valence-corrected chi connectivity index (χ4v) is 13.0. The van der Waals surface area contributed by atoms with E-state index in [2.05, 4.69) is 197 Å². The van der Waals surface area contributed by atoms with Crippen molar-refractivity contribution in [3.8, 4) is 27.9 Å². The summed E-state index contributed by atoms with van der Waals surface area (Å²) in [5, 5.41) is 20.3. The number of hydrogen-bond donors (Lipinski definition) is 0. The van der Waals surface area contributed by atoms with Gasteiger partial charge in [0.05, 0.1) is 11.0 Å². The van der Waals surface area contributed by atoms with Gasteiger partial charge in [-0.25, -0.2) is 0 Å². The minimum absolute atomic E-state index is 0.310. The number of thiophene rings is 2. The highest BCUT2D eigenvalue weighted by Crippen LogP contribution is 2.50. The summed E-state index contributed by atoms with van der Waals surface area (Å²) in [5.74, 6) is 0.310. The number of rotatable bonds is 3. The number of nitrogens with zero attached hydrogens (tertiary/aromatic N) is 1. The van der Waals surface area contributed by atoms with Crippen molar-refractivity contribution in [2.75, 3.05) is 0 Å². The maximum absolute atomic E-state index is 2.57. The van der Waals surface area contributed by atoms with Crippen molar-refractivity contribution >= 4 is 108 Å². The molecule has 0 radical (unpaired) electrons. The maximum Gasteiger partial charge on any atom is 0.0627 e. The van der Waals surface area contributed by atoms with Crippen LogP contribution in [-0.2, 0) is 6.42 Å². The minimum Gasteiger partial charge on any atom is -0.308 e. The first-order chi connectivity index (χ1) is 30.8. The molecule has 62 heavy (non-hydrogen) atoms. The summed E-state index contributed by atoms with van der Waals surface area (Å²) in [6, 6.07) is 69.0. The molecule has 1 aliphatic carbocycles. The van der Waals surface area contributed by atoms with Crippen molar-refractivity contribution in [2.45, 2.75) is 18.8 Å². The van der Waals surface area contributed by atoms with Crippen molar-refractivity contribution in [1.82, 2.24) is 4.57 Å².